The van der Waals surface area contributed by atoms with Crippen molar-refractivity contribution in [2.45, 2.75) is 19.3 Å². The molecule has 136 valence electrons. The van der Waals surface area contributed by atoms with Crippen LogP contribution in [0.5, 0.6) is 5.75 Å². The highest BCUT2D eigenvalue weighted by Crippen LogP contribution is 2.29. The van der Waals surface area contributed by atoms with E-state index in [0.717, 1.165) is 35.1 Å². The lowest BCUT2D eigenvalue weighted by atomic mass is 9.98. The maximum Gasteiger partial charge on any atom is 0.262 e. The van der Waals surface area contributed by atoms with Crippen LogP contribution in [-0.4, -0.2) is 31.1 Å². The second-order valence-corrected chi connectivity index (χ2v) is 6.78. The molecule has 5 nitrogen and oxygen atoms in total. The number of amides is 1. The number of rotatable bonds is 6. The van der Waals surface area contributed by atoms with Gasteiger partial charge >= 0.3 is 0 Å². The topological polar surface area (TPSA) is 67.8 Å². The van der Waals surface area contributed by atoms with Gasteiger partial charge in [-0.25, -0.2) is 0 Å². The van der Waals surface area contributed by atoms with Crippen molar-refractivity contribution in [3.8, 4) is 5.75 Å². The highest BCUT2D eigenvalue weighted by molar-refractivity contribution is 5.98. The van der Waals surface area contributed by atoms with E-state index in [1.165, 1.54) is 0 Å². The summed E-state index contributed by atoms with van der Waals surface area (Å²) in [6, 6.07) is 13.7. The number of Topliss-reactive ketones (excluding diaryl/α,β-unsaturated/α-hetero) is 1. The molecule has 0 saturated carbocycles. The Morgan fingerprint density at radius 2 is 1.96 bits per heavy atom. The number of hydrogen-bond acceptors (Lipinski definition) is 4. The summed E-state index contributed by atoms with van der Waals surface area (Å²) in [6.45, 7) is 0.689. The zero-order chi connectivity index (χ0) is 18.6. The first kappa shape index (κ1) is 17.2. The number of carbonyl (C=O) groups is 2. The van der Waals surface area contributed by atoms with Gasteiger partial charge in [0.25, 0.3) is 5.91 Å². The first-order valence-electron chi connectivity index (χ1n) is 9.03. The fourth-order valence-corrected chi connectivity index (χ4v) is 3.27. The van der Waals surface area contributed by atoms with Crippen molar-refractivity contribution in [1.29, 1.82) is 0 Å². The Morgan fingerprint density at radius 3 is 2.78 bits per heavy atom. The molecule has 2 aliphatic heterocycles. The Balaban J connectivity index is 1.40. The minimum Gasteiger partial charge on any atom is -0.482 e. The highest BCUT2D eigenvalue weighted by atomic mass is 16.5. The van der Waals surface area contributed by atoms with Gasteiger partial charge in [0.2, 0.25) is 0 Å². The van der Waals surface area contributed by atoms with E-state index in [4.69, 9.17) is 4.74 Å². The smallest absolute Gasteiger partial charge is 0.262 e. The summed E-state index contributed by atoms with van der Waals surface area (Å²) in [5, 5.41) is 2.80. The monoisotopic (exact) mass is 360 g/mol. The SMILES string of the molecule is O=C1COc2cc(CCc3cccc(C(=O)CC4=CC=NC4)c3)ccc2N1. The Labute approximate surface area is 157 Å². The molecule has 0 aromatic heterocycles. The number of allylic oxidation sites excluding steroid dienone is 1. The van der Waals surface area contributed by atoms with Crippen LogP contribution in [0.25, 0.3) is 0 Å². The normalized spacial score (nSPS) is 15.0. The number of carbonyl (C=O) groups excluding carboxylic acids is 2. The lowest BCUT2D eigenvalue weighted by molar-refractivity contribution is -0.118. The van der Waals surface area contributed by atoms with Crippen molar-refractivity contribution in [2.24, 2.45) is 4.99 Å². The molecule has 0 fully saturated rings. The van der Waals surface area contributed by atoms with Gasteiger partial charge in [-0.1, -0.05) is 24.3 Å². The van der Waals surface area contributed by atoms with Crippen LogP contribution in [0.3, 0.4) is 0 Å². The lowest BCUT2D eigenvalue weighted by Crippen LogP contribution is -2.25. The average Bonchev–Trinajstić information content (AvgIpc) is 3.19. The van der Waals surface area contributed by atoms with Crippen LogP contribution in [0.4, 0.5) is 5.69 Å². The summed E-state index contributed by atoms with van der Waals surface area (Å²) in [6.07, 6.45) is 5.77. The van der Waals surface area contributed by atoms with Crippen molar-refractivity contribution in [1.82, 2.24) is 0 Å². The van der Waals surface area contributed by atoms with E-state index >= 15 is 0 Å². The summed E-state index contributed by atoms with van der Waals surface area (Å²) >= 11 is 0. The molecule has 5 heteroatoms. The predicted molar refractivity (Wildman–Crippen MR) is 105 cm³/mol. The van der Waals surface area contributed by atoms with Gasteiger partial charge in [-0.2, -0.15) is 0 Å². The average molecular weight is 360 g/mol. The van der Waals surface area contributed by atoms with Crippen molar-refractivity contribution in [3.05, 3.63) is 70.8 Å². The minimum atomic E-state index is -0.128. The van der Waals surface area contributed by atoms with Crippen molar-refractivity contribution in [3.63, 3.8) is 0 Å². The number of nitrogens with one attached hydrogen (secondary N) is 1. The summed E-state index contributed by atoms with van der Waals surface area (Å²) in [7, 11) is 0. The molecule has 27 heavy (non-hydrogen) atoms. The standard InChI is InChI=1S/C22H20N2O3/c25-20(11-17-8-9-23-13-17)18-3-1-2-15(10-18)4-5-16-6-7-19-21(12-16)27-14-22(26)24-19/h1-3,6-10,12H,4-5,11,13-14H2,(H,24,26). The molecule has 0 aliphatic carbocycles. The second kappa shape index (κ2) is 7.58. The van der Waals surface area contributed by atoms with Gasteiger partial charge in [0.15, 0.2) is 12.4 Å². The van der Waals surface area contributed by atoms with E-state index in [1.807, 2.05) is 48.5 Å². The molecule has 0 spiro atoms. The van der Waals surface area contributed by atoms with Crippen LogP contribution in [-0.2, 0) is 17.6 Å². The van der Waals surface area contributed by atoms with Crippen LogP contribution in [0.2, 0.25) is 0 Å². The third-order valence-electron chi connectivity index (χ3n) is 4.73. The van der Waals surface area contributed by atoms with E-state index in [-0.39, 0.29) is 18.3 Å². The predicted octanol–water partition coefficient (Wildman–Crippen LogP) is 3.39. The Bertz CT molecular complexity index is 960. The molecule has 1 N–H and O–H groups in total. The number of ether oxygens (including phenoxy) is 1. The minimum absolute atomic E-state index is 0.0576. The van der Waals surface area contributed by atoms with E-state index in [2.05, 4.69) is 10.3 Å². The fourth-order valence-electron chi connectivity index (χ4n) is 3.27. The molecule has 0 unspecified atom stereocenters. The number of aliphatic imine (C=N–C) groups is 1. The molecule has 0 atom stereocenters. The van der Waals surface area contributed by atoms with Crippen LogP contribution in [0.1, 0.15) is 27.9 Å². The van der Waals surface area contributed by atoms with Crippen molar-refractivity contribution in [2.75, 3.05) is 18.5 Å². The van der Waals surface area contributed by atoms with Gasteiger partial charge in [0.1, 0.15) is 5.75 Å². The Hall–Kier alpha value is -3.21. The summed E-state index contributed by atoms with van der Waals surface area (Å²) in [5.41, 5.74) is 4.79. The van der Waals surface area contributed by atoms with E-state index in [0.29, 0.717) is 24.4 Å². The maximum absolute atomic E-state index is 12.5. The van der Waals surface area contributed by atoms with Gasteiger partial charge in [0, 0.05) is 18.2 Å². The van der Waals surface area contributed by atoms with E-state index in [9.17, 15) is 9.59 Å². The number of benzene rings is 2. The molecule has 2 aromatic carbocycles. The zero-order valence-corrected chi connectivity index (χ0v) is 14.9. The highest BCUT2D eigenvalue weighted by Gasteiger charge is 2.16. The molecule has 2 heterocycles. The fraction of sp³-hybridized carbons (Fsp3) is 0.227. The molecule has 4 rings (SSSR count). The van der Waals surface area contributed by atoms with Gasteiger partial charge in [0.05, 0.1) is 12.2 Å². The first-order chi connectivity index (χ1) is 13.2. The van der Waals surface area contributed by atoms with Crippen LogP contribution in [0, 0.1) is 0 Å². The van der Waals surface area contributed by atoms with Crippen LogP contribution >= 0.6 is 0 Å². The molecule has 0 bridgehead atoms. The van der Waals surface area contributed by atoms with Gasteiger partial charge in [-0.05, 0) is 53.8 Å². The van der Waals surface area contributed by atoms with Crippen molar-refractivity contribution < 1.29 is 14.3 Å². The first-order valence-corrected chi connectivity index (χ1v) is 9.03. The number of nitrogens with zero attached hydrogens (tertiary/aromatic N) is 1. The molecule has 0 radical (unpaired) electrons. The zero-order valence-electron chi connectivity index (χ0n) is 14.9. The molecule has 1 amide bonds. The third-order valence-corrected chi connectivity index (χ3v) is 4.73. The molecular weight excluding hydrogens is 340 g/mol. The van der Waals surface area contributed by atoms with Crippen LogP contribution < -0.4 is 10.1 Å². The van der Waals surface area contributed by atoms with E-state index < -0.39 is 0 Å². The number of aryl methyl sites for hydroxylation is 2. The number of anilines is 1. The Morgan fingerprint density at radius 1 is 1.11 bits per heavy atom. The molecule has 2 aromatic rings. The van der Waals surface area contributed by atoms with Gasteiger partial charge in [-0.15, -0.1) is 0 Å². The van der Waals surface area contributed by atoms with Gasteiger partial charge < -0.3 is 10.1 Å². The Kier molecular flexibility index (Phi) is 4.83. The number of fused-ring (bicyclic) bond motifs is 1. The summed E-state index contributed by atoms with van der Waals surface area (Å²) in [4.78, 5) is 27.9. The van der Waals surface area contributed by atoms with Crippen molar-refractivity contribution >= 4 is 23.6 Å². The largest absolute Gasteiger partial charge is 0.482 e. The number of ketones is 1. The lowest BCUT2D eigenvalue weighted by Gasteiger charge is -2.18. The molecular formula is C22H20N2O3. The third kappa shape index (κ3) is 4.14. The van der Waals surface area contributed by atoms with E-state index in [1.54, 1.807) is 6.21 Å². The second-order valence-electron chi connectivity index (χ2n) is 6.78. The maximum atomic E-state index is 12.5. The molecule has 2 aliphatic rings. The molecule has 0 saturated heterocycles. The van der Waals surface area contributed by atoms with Crippen LogP contribution in [0.15, 0.2) is 59.1 Å². The summed E-state index contributed by atoms with van der Waals surface area (Å²) < 4.78 is 5.47. The number of hydrogen-bond donors (Lipinski definition) is 1. The summed E-state index contributed by atoms with van der Waals surface area (Å²) in [5.74, 6) is 0.714. The van der Waals surface area contributed by atoms with Gasteiger partial charge in [-0.3, -0.25) is 14.6 Å². The quantitative estimate of drug-likeness (QED) is 0.803.